The third-order valence-electron chi connectivity index (χ3n) is 5.19. The van der Waals surface area contributed by atoms with Crippen LogP contribution >= 0.6 is 34.8 Å². The lowest BCUT2D eigenvalue weighted by atomic mass is 9.95. The van der Waals surface area contributed by atoms with Crippen LogP contribution in [0.1, 0.15) is 45.5 Å². The molecule has 0 saturated heterocycles. The first kappa shape index (κ1) is 30.8. The monoisotopic (exact) mass is 588 g/mol. The summed E-state index contributed by atoms with van der Waals surface area (Å²) in [4.78, 5) is 24.5. The van der Waals surface area contributed by atoms with Gasteiger partial charge in [0.1, 0.15) is 12.6 Å². The Morgan fingerprint density at radius 3 is 1.92 bits per heavy atom. The number of nitrogens with one attached hydrogen (secondary N) is 2. The Morgan fingerprint density at radius 1 is 0.946 bits per heavy atom. The summed E-state index contributed by atoms with van der Waals surface area (Å²) < 4.78 is 78.2. The number of carbonyl (C=O) groups is 2. The second kappa shape index (κ2) is 12.0. The van der Waals surface area contributed by atoms with Crippen molar-refractivity contribution in [3.05, 3.63) is 73.2 Å². The molecule has 0 spiro atoms. The molecule has 0 aliphatic carbocycles. The van der Waals surface area contributed by atoms with E-state index in [1.807, 2.05) is 0 Å². The molecule has 2 aromatic rings. The number of alkyl halides is 6. The highest BCUT2D eigenvalue weighted by atomic mass is 35.5. The second-order valence-electron chi connectivity index (χ2n) is 8.23. The fraction of sp³-hybridized carbons (Fsp3) is 0.333. The van der Waals surface area contributed by atoms with Crippen LogP contribution in [0.5, 0.6) is 0 Å². The maximum atomic E-state index is 13.8. The van der Waals surface area contributed by atoms with Crippen LogP contribution in [-0.2, 0) is 4.79 Å². The summed E-state index contributed by atoms with van der Waals surface area (Å²) in [5, 5.41) is 3.67. The maximum absolute atomic E-state index is 13.8. The topological polar surface area (TPSA) is 58.2 Å². The van der Waals surface area contributed by atoms with Crippen LogP contribution in [0.2, 0.25) is 15.1 Å². The minimum absolute atomic E-state index is 0.0655. The fourth-order valence-electron chi connectivity index (χ4n) is 3.50. The summed E-state index contributed by atoms with van der Waals surface area (Å²) >= 11 is 17.6. The van der Waals surface area contributed by atoms with Gasteiger partial charge in [-0.15, -0.1) is 0 Å². The zero-order chi connectivity index (χ0) is 28.3. The van der Waals surface area contributed by atoms with Crippen LogP contribution in [0.15, 0.2) is 30.3 Å². The summed E-state index contributed by atoms with van der Waals surface area (Å²) in [6.07, 6.45) is -7.14. The van der Waals surface area contributed by atoms with Gasteiger partial charge in [0, 0.05) is 5.56 Å². The van der Waals surface area contributed by atoms with Gasteiger partial charge in [-0.25, -0.2) is 0 Å². The Morgan fingerprint density at radius 2 is 1.46 bits per heavy atom. The highest BCUT2D eigenvalue weighted by Gasteiger charge is 2.39. The van der Waals surface area contributed by atoms with Gasteiger partial charge in [0.2, 0.25) is 5.91 Å². The molecule has 37 heavy (non-hydrogen) atoms. The summed E-state index contributed by atoms with van der Waals surface area (Å²) in [5.41, 5.74) is 1.02. The van der Waals surface area contributed by atoms with Gasteiger partial charge >= 0.3 is 12.4 Å². The molecule has 2 unspecified atom stereocenters. The molecule has 4 nitrogen and oxygen atoms in total. The zero-order valence-corrected chi connectivity index (χ0v) is 21.8. The zero-order valence-electron chi connectivity index (χ0n) is 19.5. The number of rotatable bonds is 7. The van der Waals surface area contributed by atoms with Crippen molar-refractivity contribution in [1.29, 1.82) is 0 Å². The molecule has 202 valence electrons. The van der Waals surface area contributed by atoms with Crippen molar-refractivity contribution in [2.75, 3.05) is 6.54 Å². The van der Waals surface area contributed by atoms with Crippen LogP contribution in [0.3, 0.4) is 0 Å². The van der Waals surface area contributed by atoms with Crippen molar-refractivity contribution in [3.8, 4) is 0 Å². The lowest BCUT2D eigenvalue weighted by Gasteiger charge is -2.19. The summed E-state index contributed by atoms with van der Waals surface area (Å²) in [5.74, 6) is -3.81. The van der Waals surface area contributed by atoms with Gasteiger partial charge in [0.05, 0.1) is 21.0 Å². The molecular weight excluding hydrogens is 569 g/mol. The molecule has 2 rings (SSSR count). The average Bonchev–Trinajstić information content (AvgIpc) is 2.73. The lowest BCUT2D eigenvalue weighted by molar-refractivity contribution is -0.139. The number of benzene rings is 2. The largest absolute Gasteiger partial charge is 0.405 e. The Labute approximate surface area is 224 Å². The van der Waals surface area contributed by atoms with Gasteiger partial charge < -0.3 is 10.6 Å². The second-order valence-corrected chi connectivity index (χ2v) is 9.43. The van der Waals surface area contributed by atoms with Crippen molar-refractivity contribution < 1.29 is 35.9 Å². The van der Waals surface area contributed by atoms with Gasteiger partial charge in [-0.05, 0) is 55.2 Å². The molecule has 0 saturated carbocycles. The summed E-state index contributed by atoms with van der Waals surface area (Å²) in [7, 11) is 0. The van der Waals surface area contributed by atoms with E-state index in [9.17, 15) is 35.9 Å². The number of halogens is 9. The van der Waals surface area contributed by atoms with Gasteiger partial charge in [-0.1, -0.05) is 59.1 Å². The fourth-order valence-corrected chi connectivity index (χ4v) is 4.11. The highest BCUT2D eigenvalue weighted by molar-refractivity contribution is 6.48. The molecule has 2 amide bonds. The number of aryl methyl sites for hydroxylation is 2. The minimum atomic E-state index is -4.68. The molecule has 0 fully saturated rings. The van der Waals surface area contributed by atoms with E-state index in [0.717, 1.165) is 18.2 Å². The minimum Gasteiger partial charge on any atom is -0.345 e. The van der Waals surface area contributed by atoms with Crippen molar-refractivity contribution >= 4 is 52.7 Å². The number of amides is 2. The number of hydrogen-bond acceptors (Lipinski definition) is 2. The Kier molecular flexibility index (Phi) is 9.95. The normalized spacial score (nSPS) is 13.9. The molecule has 2 aromatic carbocycles. The van der Waals surface area contributed by atoms with Crippen LogP contribution < -0.4 is 10.6 Å². The molecule has 0 bridgehead atoms. The number of hydrogen-bond donors (Lipinski definition) is 2. The molecule has 0 heterocycles. The number of allylic oxidation sites excluding steroid dienone is 1. The standard InChI is InChI=1S/C24H21Cl3F6N2O2/c1-11-6-14(4-5-16(24(31,32)33)15-8-17(25)20(27)18(26)9-15)7-12(2)19(11)22(37)35-13(3)21(36)34-10-23(28,29)30/h4-9,13,16H,10H2,1-3H3,(H,34,36)(H,35,37)/b5-4+. The number of carbonyl (C=O) groups excluding carboxylic acids is 2. The molecule has 13 heteroatoms. The Hall–Kier alpha value is -2.43. The van der Waals surface area contributed by atoms with Crippen molar-refractivity contribution in [3.63, 3.8) is 0 Å². The smallest absolute Gasteiger partial charge is 0.345 e. The van der Waals surface area contributed by atoms with E-state index in [0.29, 0.717) is 16.7 Å². The lowest BCUT2D eigenvalue weighted by Crippen LogP contribution is -2.47. The van der Waals surface area contributed by atoms with Crippen molar-refractivity contribution in [1.82, 2.24) is 10.6 Å². The van der Waals surface area contributed by atoms with Gasteiger partial charge in [0.15, 0.2) is 0 Å². The Balaban J connectivity index is 2.27. The molecule has 2 atom stereocenters. The first-order chi connectivity index (χ1) is 16.9. The summed E-state index contributed by atoms with van der Waals surface area (Å²) in [6.45, 7) is 2.75. The molecule has 0 aliphatic heterocycles. The third kappa shape index (κ3) is 8.55. The van der Waals surface area contributed by atoms with Crippen molar-refractivity contribution in [2.24, 2.45) is 0 Å². The van der Waals surface area contributed by atoms with Crippen LogP contribution in [-0.4, -0.2) is 36.8 Å². The predicted octanol–water partition coefficient (Wildman–Crippen LogP) is 7.42. The maximum Gasteiger partial charge on any atom is 0.405 e. The average molecular weight is 590 g/mol. The third-order valence-corrected chi connectivity index (χ3v) is 6.38. The summed E-state index contributed by atoms with van der Waals surface area (Å²) in [6, 6.07) is 3.81. The van der Waals surface area contributed by atoms with E-state index in [-0.39, 0.29) is 26.2 Å². The Bertz CT molecular complexity index is 1170. The molecule has 2 N–H and O–H groups in total. The molecule has 0 aliphatic rings. The van der Waals surface area contributed by atoms with Gasteiger partial charge in [0.25, 0.3) is 5.91 Å². The quantitative estimate of drug-likeness (QED) is 0.261. The SMILES string of the molecule is Cc1cc(/C=C/C(c2cc(Cl)c(Cl)c(Cl)c2)C(F)(F)F)cc(C)c1C(=O)NC(C)C(=O)NCC(F)(F)F. The van der Waals surface area contributed by atoms with E-state index < -0.39 is 42.7 Å². The molecular formula is C24H21Cl3F6N2O2. The highest BCUT2D eigenvalue weighted by Crippen LogP contribution is 2.41. The van der Waals surface area contributed by atoms with E-state index in [1.54, 1.807) is 5.32 Å². The van der Waals surface area contributed by atoms with E-state index in [2.05, 4.69) is 5.32 Å². The van der Waals surface area contributed by atoms with E-state index >= 15 is 0 Å². The predicted molar refractivity (Wildman–Crippen MR) is 131 cm³/mol. The van der Waals surface area contributed by atoms with E-state index in [1.165, 1.54) is 39.0 Å². The van der Waals surface area contributed by atoms with Gasteiger partial charge in [-0.3, -0.25) is 9.59 Å². The van der Waals surface area contributed by atoms with E-state index in [4.69, 9.17) is 34.8 Å². The first-order valence-electron chi connectivity index (χ1n) is 10.6. The van der Waals surface area contributed by atoms with Crippen LogP contribution in [0, 0.1) is 13.8 Å². The first-order valence-corrected chi connectivity index (χ1v) is 11.7. The molecule has 0 aromatic heterocycles. The van der Waals surface area contributed by atoms with Gasteiger partial charge in [-0.2, -0.15) is 26.3 Å². The molecule has 0 radical (unpaired) electrons. The van der Waals surface area contributed by atoms with Crippen LogP contribution in [0.4, 0.5) is 26.3 Å². The van der Waals surface area contributed by atoms with Crippen molar-refractivity contribution in [2.45, 2.75) is 45.1 Å². The van der Waals surface area contributed by atoms with Crippen LogP contribution in [0.25, 0.3) is 6.08 Å².